The molecule has 27 heavy (non-hydrogen) atoms. The van der Waals surface area contributed by atoms with Gasteiger partial charge in [0.15, 0.2) is 0 Å². The molecule has 0 aliphatic heterocycles. The Hall–Kier alpha value is -3.40. The summed E-state index contributed by atoms with van der Waals surface area (Å²) in [6, 6.07) is 27.3. The molecule has 0 aromatic heterocycles. The third-order valence-electron chi connectivity index (χ3n) is 4.91. The molecule has 2 N–H and O–H groups in total. The number of hydrogen-bond donors (Lipinski definition) is 2. The lowest BCUT2D eigenvalue weighted by Gasteiger charge is -2.08. The van der Waals surface area contributed by atoms with Gasteiger partial charge in [-0.05, 0) is 41.2 Å². The van der Waals surface area contributed by atoms with Gasteiger partial charge >= 0.3 is 0 Å². The average Bonchev–Trinajstić information content (AvgIpc) is 3.54. The highest BCUT2D eigenvalue weighted by molar-refractivity contribution is 5.96. The summed E-state index contributed by atoms with van der Waals surface area (Å²) >= 11 is 0. The van der Waals surface area contributed by atoms with Crippen LogP contribution in [0.25, 0.3) is 11.1 Å². The van der Waals surface area contributed by atoms with E-state index >= 15 is 0 Å². The maximum absolute atomic E-state index is 12.3. The lowest BCUT2D eigenvalue weighted by Crippen LogP contribution is -2.42. The molecule has 4 heteroatoms. The summed E-state index contributed by atoms with van der Waals surface area (Å²) in [5.74, 6) is -0.292. The lowest BCUT2D eigenvalue weighted by molar-refractivity contribution is -0.123. The van der Waals surface area contributed by atoms with Crippen molar-refractivity contribution in [1.82, 2.24) is 10.9 Å². The highest BCUT2D eigenvalue weighted by Crippen LogP contribution is 2.47. The van der Waals surface area contributed by atoms with E-state index < -0.39 is 0 Å². The zero-order chi connectivity index (χ0) is 18.6. The Morgan fingerprint density at radius 3 is 1.96 bits per heavy atom. The number of hydrazine groups is 1. The Balaban J connectivity index is 1.31. The maximum atomic E-state index is 12.3. The van der Waals surface area contributed by atoms with Crippen molar-refractivity contribution >= 4 is 11.8 Å². The van der Waals surface area contributed by atoms with Gasteiger partial charge in [0.05, 0.1) is 0 Å². The van der Waals surface area contributed by atoms with Crippen molar-refractivity contribution in [2.45, 2.75) is 12.3 Å². The first-order chi connectivity index (χ1) is 13.2. The van der Waals surface area contributed by atoms with E-state index in [4.69, 9.17) is 0 Å². The molecule has 0 bridgehead atoms. The van der Waals surface area contributed by atoms with E-state index in [0.29, 0.717) is 5.56 Å². The zero-order valence-corrected chi connectivity index (χ0v) is 14.8. The third-order valence-corrected chi connectivity index (χ3v) is 4.91. The fraction of sp³-hybridized carbons (Fsp3) is 0.130. The van der Waals surface area contributed by atoms with Crippen LogP contribution >= 0.6 is 0 Å². The van der Waals surface area contributed by atoms with Gasteiger partial charge in [0.2, 0.25) is 5.91 Å². The highest BCUT2D eigenvalue weighted by atomic mass is 16.2. The molecule has 1 aliphatic carbocycles. The van der Waals surface area contributed by atoms with E-state index in [1.807, 2.05) is 72.8 Å². The molecule has 0 unspecified atom stereocenters. The molecule has 2 atom stereocenters. The van der Waals surface area contributed by atoms with Gasteiger partial charge in [-0.15, -0.1) is 0 Å². The Kier molecular flexibility index (Phi) is 4.71. The first kappa shape index (κ1) is 17.0. The first-order valence-electron chi connectivity index (χ1n) is 9.03. The Morgan fingerprint density at radius 2 is 1.30 bits per heavy atom. The maximum Gasteiger partial charge on any atom is 0.269 e. The van der Waals surface area contributed by atoms with Crippen LogP contribution in [0.15, 0.2) is 84.9 Å². The molecule has 0 heterocycles. The monoisotopic (exact) mass is 356 g/mol. The van der Waals surface area contributed by atoms with E-state index in [1.54, 1.807) is 12.1 Å². The van der Waals surface area contributed by atoms with Crippen LogP contribution in [0.3, 0.4) is 0 Å². The lowest BCUT2D eigenvalue weighted by atomic mass is 10.0. The molecule has 1 aliphatic rings. The molecule has 3 aromatic rings. The summed E-state index contributed by atoms with van der Waals surface area (Å²) in [7, 11) is 0. The third kappa shape index (κ3) is 3.90. The van der Waals surface area contributed by atoms with E-state index in [9.17, 15) is 9.59 Å². The standard InChI is InChI=1S/C23H20N2O2/c26-22(19-13-11-17(12-14-19)16-7-3-1-4-8-16)24-25-23(27)21-15-20(21)18-9-5-2-6-10-18/h1-14,20-21H,15H2,(H,24,26)(H,25,27)/t20-,21-/m0/s1. The Labute approximate surface area is 158 Å². The van der Waals surface area contributed by atoms with E-state index in [0.717, 1.165) is 17.5 Å². The van der Waals surface area contributed by atoms with Gasteiger partial charge in [0.1, 0.15) is 0 Å². The van der Waals surface area contributed by atoms with E-state index in [2.05, 4.69) is 10.9 Å². The van der Waals surface area contributed by atoms with Crippen molar-refractivity contribution in [3.63, 3.8) is 0 Å². The molecular formula is C23H20N2O2. The van der Waals surface area contributed by atoms with Gasteiger partial charge in [-0.3, -0.25) is 20.4 Å². The van der Waals surface area contributed by atoms with Crippen LogP contribution in [0.4, 0.5) is 0 Å². The Bertz CT molecular complexity index is 937. The van der Waals surface area contributed by atoms with Crippen molar-refractivity contribution in [2.24, 2.45) is 5.92 Å². The predicted octanol–water partition coefficient (Wildman–Crippen LogP) is 3.92. The van der Waals surface area contributed by atoms with Gasteiger partial charge in [-0.25, -0.2) is 0 Å². The normalized spacial score (nSPS) is 17.8. The second kappa shape index (κ2) is 7.46. The second-order valence-corrected chi connectivity index (χ2v) is 6.75. The Morgan fingerprint density at radius 1 is 0.704 bits per heavy atom. The van der Waals surface area contributed by atoms with Crippen molar-refractivity contribution in [1.29, 1.82) is 0 Å². The van der Waals surface area contributed by atoms with Crippen LogP contribution in [-0.4, -0.2) is 11.8 Å². The summed E-state index contributed by atoms with van der Waals surface area (Å²) in [5.41, 5.74) is 8.87. The SMILES string of the molecule is O=C(NNC(=O)[C@H]1C[C@H]1c1ccccc1)c1ccc(-c2ccccc2)cc1. The summed E-state index contributed by atoms with van der Waals surface area (Å²) in [5, 5.41) is 0. The molecule has 4 rings (SSSR count). The number of amides is 2. The summed E-state index contributed by atoms with van der Waals surface area (Å²) in [6.45, 7) is 0. The highest BCUT2D eigenvalue weighted by Gasteiger charge is 2.43. The summed E-state index contributed by atoms with van der Waals surface area (Å²) < 4.78 is 0. The second-order valence-electron chi connectivity index (χ2n) is 6.75. The molecular weight excluding hydrogens is 336 g/mol. The van der Waals surface area contributed by atoms with Crippen LogP contribution in [0.5, 0.6) is 0 Å². The molecule has 134 valence electrons. The van der Waals surface area contributed by atoms with Gasteiger partial charge in [-0.2, -0.15) is 0 Å². The smallest absolute Gasteiger partial charge is 0.269 e. The van der Waals surface area contributed by atoms with Crippen molar-refractivity contribution in [3.8, 4) is 11.1 Å². The quantitative estimate of drug-likeness (QED) is 0.696. The van der Waals surface area contributed by atoms with Gasteiger partial charge in [0.25, 0.3) is 5.91 Å². The van der Waals surface area contributed by atoms with Crippen LogP contribution in [0.1, 0.15) is 28.3 Å². The van der Waals surface area contributed by atoms with Gasteiger partial charge in [0, 0.05) is 11.5 Å². The molecule has 0 saturated heterocycles. The number of rotatable bonds is 4. The molecule has 1 fully saturated rings. The summed E-state index contributed by atoms with van der Waals surface area (Å²) in [6.07, 6.45) is 0.817. The largest absolute Gasteiger partial charge is 0.273 e. The molecule has 0 radical (unpaired) electrons. The van der Waals surface area contributed by atoms with Gasteiger partial charge < -0.3 is 0 Å². The van der Waals surface area contributed by atoms with Crippen molar-refractivity contribution < 1.29 is 9.59 Å². The zero-order valence-electron chi connectivity index (χ0n) is 14.8. The van der Waals surface area contributed by atoms with Crippen LogP contribution in [0, 0.1) is 5.92 Å². The fourth-order valence-electron chi connectivity index (χ4n) is 3.28. The molecule has 1 saturated carbocycles. The number of hydrogen-bond acceptors (Lipinski definition) is 2. The van der Waals surface area contributed by atoms with Crippen molar-refractivity contribution in [3.05, 3.63) is 96.1 Å². The van der Waals surface area contributed by atoms with E-state index in [1.165, 1.54) is 5.56 Å². The number of benzene rings is 3. The minimum absolute atomic E-state index is 0.0758. The molecule has 2 amide bonds. The fourth-order valence-corrected chi connectivity index (χ4v) is 3.28. The number of carbonyl (C=O) groups excluding carboxylic acids is 2. The van der Waals surface area contributed by atoms with E-state index in [-0.39, 0.29) is 23.7 Å². The number of carbonyl (C=O) groups is 2. The van der Waals surface area contributed by atoms with Crippen molar-refractivity contribution in [2.75, 3.05) is 0 Å². The topological polar surface area (TPSA) is 58.2 Å². The van der Waals surface area contributed by atoms with Crippen LogP contribution in [0.2, 0.25) is 0 Å². The molecule has 3 aromatic carbocycles. The first-order valence-corrected chi connectivity index (χ1v) is 9.03. The minimum Gasteiger partial charge on any atom is -0.273 e. The minimum atomic E-state index is -0.320. The predicted molar refractivity (Wildman–Crippen MR) is 105 cm³/mol. The average molecular weight is 356 g/mol. The summed E-state index contributed by atoms with van der Waals surface area (Å²) in [4.78, 5) is 24.5. The van der Waals surface area contributed by atoms with Crippen LogP contribution in [-0.2, 0) is 4.79 Å². The van der Waals surface area contributed by atoms with Gasteiger partial charge in [-0.1, -0.05) is 72.8 Å². The molecule has 4 nitrogen and oxygen atoms in total. The number of nitrogens with one attached hydrogen (secondary N) is 2. The van der Waals surface area contributed by atoms with Crippen LogP contribution < -0.4 is 10.9 Å². The molecule has 0 spiro atoms.